The van der Waals surface area contributed by atoms with Crippen LogP contribution in [-0.2, 0) is 4.79 Å². The van der Waals surface area contributed by atoms with Crippen molar-refractivity contribution in [3.8, 4) is 0 Å². The van der Waals surface area contributed by atoms with E-state index in [-0.39, 0.29) is 17.9 Å². The standard InChI is InChI=1S/C13H22N2O/c1-9(10-4-2-3-5-10)15-13(16)11-6-7-12(14)8-11/h6-7,9-12H,2-5,8,14H2,1H3,(H,15,16)/t9-,11?,12?/m1/s1. The van der Waals surface area contributed by atoms with E-state index in [1.54, 1.807) is 0 Å². The molecule has 2 unspecified atom stereocenters. The highest BCUT2D eigenvalue weighted by atomic mass is 16.1. The average molecular weight is 222 g/mol. The molecule has 1 fully saturated rings. The molecule has 3 atom stereocenters. The van der Waals surface area contributed by atoms with Crippen molar-refractivity contribution in [2.45, 2.75) is 51.1 Å². The molecule has 0 aromatic rings. The molecule has 2 aliphatic rings. The number of hydrogen-bond acceptors (Lipinski definition) is 2. The molecule has 90 valence electrons. The van der Waals surface area contributed by atoms with Crippen molar-refractivity contribution >= 4 is 5.91 Å². The van der Waals surface area contributed by atoms with Gasteiger partial charge >= 0.3 is 0 Å². The van der Waals surface area contributed by atoms with Crippen LogP contribution in [0.3, 0.4) is 0 Å². The third-order valence-electron chi connectivity index (χ3n) is 3.93. The Balaban J connectivity index is 1.80. The fraction of sp³-hybridized carbons (Fsp3) is 0.769. The van der Waals surface area contributed by atoms with Crippen LogP contribution in [0.25, 0.3) is 0 Å². The van der Waals surface area contributed by atoms with E-state index in [4.69, 9.17) is 5.73 Å². The second-order valence-electron chi connectivity index (χ2n) is 5.23. The Morgan fingerprint density at radius 3 is 2.62 bits per heavy atom. The van der Waals surface area contributed by atoms with Crippen LogP contribution in [0.5, 0.6) is 0 Å². The van der Waals surface area contributed by atoms with E-state index in [0.717, 1.165) is 6.42 Å². The van der Waals surface area contributed by atoms with E-state index >= 15 is 0 Å². The van der Waals surface area contributed by atoms with Crippen molar-refractivity contribution in [2.24, 2.45) is 17.6 Å². The summed E-state index contributed by atoms with van der Waals surface area (Å²) >= 11 is 0. The van der Waals surface area contributed by atoms with Crippen molar-refractivity contribution in [1.29, 1.82) is 0 Å². The summed E-state index contributed by atoms with van der Waals surface area (Å²) in [6.45, 7) is 2.13. The Kier molecular flexibility index (Phi) is 3.64. The van der Waals surface area contributed by atoms with Crippen LogP contribution in [0, 0.1) is 11.8 Å². The maximum absolute atomic E-state index is 11.9. The van der Waals surface area contributed by atoms with Gasteiger partial charge in [0.1, 0.15) is 0 Å². The van der Waals surface area contributed by atoms with E-state index in [2.05, 4.69) is 12.2 Å². The summed E-state index contributed by atoms with van der Waals surface area (Å²) in [4.78, 5) is 11.9. The summed E-state index contributed by atoms with van der Waals surface area (Å²) in [6.07, 6.45) is 9.82. The van der Waals surface area contributed by atoms with Gasteiger partial charge in [0.2, 0.25) is 5.91 Å². The summed E-state index contributed by atoms with van der Waals surface area (Å²) in [5.74, 6) is 0.838. The van der Waals surface area contributed by atoms with Crippen molar-refractivity contribution < 1.29 is 4.79 Å². The number of nitrogens with two attached hydrogens (primary N) is 1. The van der Waals surface area contributed by atoms with Gasteiger partial charge in [0.25, 0.3) is 0 Å². The quantitative estimate of drug-likeness (QED) is 0.712. The highest BCUT2D eigenvalue weighted by molar-refractivity contribution is 5.81. The minimum Gasteiger partial charge on any atom is -0.353 e. The molecule has 3 nitrogen and oxygen atoms in total. The molecule has 0 aliphatic heterocycles. The van der Waals surface area contributed by atoms with Crippen LogP contribution in [-0.4, -0.2) is 18.0 Å². The Labute approximate surface area is 97.5 Å². The van der Waals surface area contributed by atoms with Crippen LogP contribution in [0.2, 0.25) is 0 Å². The molecule has 3 heteroatoms. The smallest absolute Gasteiger partial charge is 0.227 e. The molecule has 0 saturated heterocycles. The predicted octanol–water partition coefficient (Wildman–Crippen LogP) is 1.58. The van der Waals surface area contributed by atoms with E-state index in [9.17, 15) is 4.79 Å². The lowest BCUT2D eigenvalue weighted by Gasteiger charge is -2.22. The van der Waals surface area contributed by atoms with E-state index in [1.165, 1.54) is 25.7 Å². The number of amides is 1. The molecule has 1 amide bonds. The molecular weight excluding hydrogens is 200 g/mol. The fourth-order valence-corrected chi connectivity index (χ4v) is 2.83. The largest absolute Gasteiger partial charge is 0.353 e. The molecule has 0 spiro atoms. The lowest BCUT2D eigenvalue weighted by Crippen LogP contribution is -2.40. The molecule has 0 bridgehead atoms. The number of rotatable bonds is 3. The molecule has 2 aliphatic carbocycles. The first-order chi connectivity index (χ1) is 7.66. The molecule has 0 radical (unpaired) electrons. The Morgan fingerprint density at radius 2 is 2.06 bits per heavy atom. The van der Waals surface area contributed by atoms with Crippen molar-refractivity contribution in [2.75, 3.05) is 0 Å². The zero-order valence-corrected chi connectivity index (χ0v) is 9.99. The third-order valence-corrected chi connectivity index (χ3v) is 3.93. The summed E-state index contributed by atoms with van der Waals surface area (Å²) in [5.41, 5.74) is 5.75. The van der Waals surface area contributed by atoms with Crippen LogP contribution in [0.15, 0.2) is 12.2 Å². The highest BCUT2D eigenvalue weighted by Crippen LogP contribution is 2.28. The van der Waals surface area contributed by atoms with Crippen molar-refractivity contribution in [3.63, 3.8) is 0 Å². The Hall–Kier alpha value is -0.830. The second kappa shape index (κ2) is 5.00. The topological polar surface area (TPSA) is 55.1 Å². The minimum absolute atomic E-state index is 0.00106. The Morgan fingerprint density at radius 1 is 1.38 bits per heavy atom. The minimum atomic E-state index is -0.00106. The van der Waals surface area contributed by atoms with E-state index in [1.807, 2.05) is 12.2 Å². The van der Waals surface area contributed by atoms with Gasteiger partial charge in [-0.15, -0.1) is 0 Å². The van der Waals surface area contributed by atoms with Gasteiger partial charge in [0.05, 0.1) is 5.92 Å². The van der Waals surface area contributed by atoms with Crippen LogP contribution >= 0.6 is 0 Å². The van der Waals surface area contributed by atoms with Gasteiger partial charge in [-0.05, 0) is 32.1 Å². The summed E-state index contributed by atoms with van der Waals surface area (Å²) in [6, 6.07) is 0.387. The van der Waals surface area contributed by atoms with E-state index in [0.29, 0.717) is 12.0 Å². The van der Waals surface area contributed by atoms with E-state index < -0.39 is 0 Å². The van der Waals surface area contributed by atoms with Crippen molar-refractivity contribution in [3.05, 3.63) is 12.2 Å². The molecule has 0 heterocycles. The maximum atomic E-state index is 11.9. The van der Waals surface area contributed by atoms with Gasteiger partial charge in [-0.3, -0.25) is 4.79 Å². The zero-order valence-electron chi connectivity index (χ0n) is 9.99. The van der Waals surface area contributed by atoms with Gasteiger partial charge < -0.3 is 11.1 Å². The molecule has 2 rings (SSSR count). The van der Waals surface area contributed by atoms with Crippen LogP contribution in [0.1, 0.15) is 39.0 Å². The molecular formula is C13H22N2O. The number of carbonyl (C=O) groups excluding carboxylic acids is 1. The first kappa shape index (κ1) is 11.6. The summed E-state index contributed by atoms with van der Waals surface area (Å²) in [7, 11) is 0. The summed E-state index contributed by atoms with van der Waals surface area (Å²) < 4.78 is 0. The lowest BCUT2D eigenvalue weighted by molar-refractivity contribution is -0.124. The predicted molar refractivity (Wildman–Crippen MR) is 64.8 cm³/mol. The zero-order chi connectivity index (χ0) is 11.5. The van der Waals surface area contributed by atoms with Crippen LogP contribution < -0.4 is 11.1 Å². The molecule has 0 aromatic heterocycles. The first-order valence-corrected chi connectivity index (χ1v) is 6.41. The van der Waals surface area contributed by atoms with Gasteiger partial charge in [-0.25, -0.2) is 0 Å². The first-order valence-electron chi connectivity index (χ1n) is 6.41. The van der Waals surface area contributed by atoms with Gasteiger partial charge in [-0.2, -0.15) is 0 Å². The molecule has 16 heavy (non-hydrogen) atoms. The molecule has 0 aromatic carbocycles. The van der Waals surface area contributed by atoms with Gasteiger partial charge in [0.15, 0.2) is 0 Å². The average Bonchev–Trinajstić information content (AvgIpc) is 2.87. The number of nitrogens with one attached hydrogen (secondary N) is 1. The Bertz CT molecular complexity index is 282. The van der Waals surface area contributed by atoms with Crippen LogP contribution in [0.4, 0.5) is 0 Å². The van der Waals surface area contributed by atoms with Gasteiger partial charge in [-0.1, -0.05) is 25.0 Å². The fourth-order valence-electron chi connectivity index (χ4n) is 2.83. The lowest BCUT2D eigenvalue weighted by atomic mass is 9.98. The SMILES string of the molecule is C[C@@H](NC(=O)C1C=CC(N)C1)C1CCCC1. The molecule has 1 saturated carbocycles. The maximum Gasteiger partial charge on any atom is 0.227 e. The second-order valence-corrected chi connectivity index (χ2v) is 5.23. The van der Waals surface area contributed by atoms with Crippen molar-refractivity contribution in [1.82, 2.24) is 5.32 Å². The van der Waals surface area contributed by atoms with Gasteiger partial charge in [0, 0.05) is 12.1 Å². The number of carbonyl (C=O) groups is 1. The molecule has 3 N–H and O–H groups in total. The summed E-state index contributed by atoms with van der Waals surface area (Å²) in [5, 5.41) is 3.14. The monoisotopic (exact) mass is 222 g/mol. The normalized spacial score (nSPS) is 31.9. The highest BCUT2D eigenvalue weighted by Gasteiger charge is 2.27. The number of hydrogen-bond donors (Lipinski definition) is 2. The third kappa shape index (κ3) is 2.64.